The molecule has 0 amide bonds. The Hall–Kier alpha value is -1.53. The molecule has 1 aliphatic rings. The molecule has 0 bridgehead atoms. The van der Waals surface area contributed by atoms with Crippen molar-refractivity contribution in [2.24, 2.45) is 0 Å². The van der Waals surface area contributed by atoms with E-state index in [0.29, 0.717) is 6.21 Å². The smallest absolute Gasteiger partial charge is 0.192 e. The minimum absolute atomic E-state index is 0.190. The lowest BCUT2D eigenvalue weighted by Gasteiger charge is -2.29. The number of piperidine rings is 1. The molecule has 1 unspecified atom stereocenters. The second kappa shape index (κ2) is 6.28. The van der Waals surface area contributed by atoms with E-state index < -0.39 is 6.17 Å². The highest BCUT2D eigenvalue weighted by atomic mass is 19.1. The fourth-order valence-corrected chi connectivity index (χ4v) is 2.44. The summed E-state index contributed by atoms with van der Waals surface area (Å²) >= 11 is 0. The molecule has 2 heterocycles. The topological polar surface area (TPSA) is 76.1 Å². The summed E-state index contributed by atoms with van der Waals surface area (Å²) in [7, 11) is 0. The van der Waals surface area contributed by atoms with Crippen LogP contribution in [0.2, 0.25) is 0 Å². The number of hydrogen-bond donors (Lipinski definition) is 3. The fourth-order valence-electron chi connectivity index (χ4n) is 2.44. The maximum absolute atomic E-state index is 13.3. The van der Waals surface area contributed by atoms with E-state index in [4.69, 9.17) is 10.8 Å². The quantitative estimate of drug-likeness (QED) is 0.578. The molecule has 1 saturated heterocycles. The van der Waals surface area contributed by atoms with Crippen LogP contribution in [-0.4, -0.2) is 52.0 Å². The largest absolute Gasteiger partial charge is 0.393 e. The number of hydrogen-bond acceptors (Lipinski definition) is 4. The SMILES string of the molecule is Cc1cn(C(=N)C(F)C=N)cc1CN1CCC(O)CC1. The number of alkyl halides is 1. The van der Waals surface area contributed by atoms with Crippen LogP contribution in [0.1, 0.15) is 24.0 Å². The molecule has 0 radical (unpaired) electrons. The van der Waals surface area contributed by atoms with E-state index in [1.165, 1.54) is 4.57 Å². The Kier molecular flexibility index (Phi) is 4.67. The summed E-state index contributed by atoms with van der Waals surface area (Å²) in [6.45, 7) is 4.40. The Morgan fingerprint density at radius 2 is 2.15 bits per heavy atom. The molecule has 6 heteroatoms. The van der Waals surface area contributed by atoms with Crippen molar-refractivity contribution >= 4 is 12.1 Å². The summed E-state index contributed by atoms with van der Waals surface area (Å²) < 4.78 is 14.8. The molecule has 2 rings (SSSR count). The molecular formula is C14H21FN4O. The van der Waals surface area contributed by atoms with Crippen LogP contribution >= 0.6 is 0 Å². The van der Waals surface area contributed by atoms with Gasteiger partial charge in [-0.3, -0.25) is 10.3 Å². The van der Waals surface area contributed by atoms with E-state index in [0.717, 1.165) is 43.6 Å². The number of halogens is 1. The summed E-state index contributed by atoms with van der Waals surface area (Å²) in [4.78, 5) is 2.26. The van der Waals surface area contributed by atoms with Crippen LogP contribution in [0.15, 0.2) is 12.4 Å². The second-order valence-corrected chi connectivity index (χ2v) is 5.33. The van der Waals surface area contributed by atoms with E-state index in [1.54, 1.807) is 12.4 Å². The third-order valence-electron chi connectivity index (χ3n) is 3.77. The Morgan fingerprint density at radius 1 is 1.50 bits per heavy atom. The number of aliphatic hydroxyl groups is 1. The first-order valence-electron chi connectivity index (χ1n) is 6.82. The Labute approximate surface area is 118 Å². The number of aliphatic hydroxyl groups excluding tert-OH is 1. The van der Waals surface area contributed by atoms with E-state index >= 15 is 0 Å². The zero-order valence-electron chi connectivity index (χ0n) is 11.6. The molecule has 3 N–H and O–H groups in total. The average molecular weight is 280 g/mol. The maximum Gasteiger partial charge on any atom is 0.192 e. The minimum atomic E-state index is -1.67. The van der Waals surface area contributed by atoms with E-state index in [1.807, 2.05) is 6.92 Å². The summed E-state index contributed by atoms with van der Waals surface area (Å²) in [5, 5.41) is 24.1. The first-order valence-corrected chi connectivity index (χ1v) is 6.82. The summed E-state index contributed by atoms with van der Waals surface area (Å²) in [6.07, 6.45) is 3.84. The van der Waals surface area contributed by atoms with Gasteiger partial charge in [0.25, 0.3) is 0 Å². The van der Waals surface area contributed by atoms with Crippen molar-refractivity contribution < 1.29 is 9.50 Å². The van der Waals surface area contributed by atoms with Crippen molar-refractivity contribution in [3.05, 3.63) is 23.5 Å². The maximum atomic E-state index is 13.3. The number of nitrogens with one attached hydrogen (secondary N) is 2. The predicted octanol–water partition coefficient (Wildman–Crippen LogP) is 1.57. The summed E-state index contributed by atoms with van der Waals surface area (Å²) in [5.74, 6) is -0.233. The summed E-state index contributed by atoms with van der Waals surface area (Å²) in [5.41, 5.74) is 2.07. The van der Waals surface area contributed by atoms with Gasteiger partial charge in [0, 0.05) is 38.2 Å². The van der Waals surface area contributed by atoms with Crippen molar-refractivity contribution in [3.8, 4) is 0 Å². The van der Waals surface area contributed by atoms with Gasteiger partial charge in [-0.25, -0.2) is 4.39 Å². The van der Waals surface area contributed by atoms with Gasteiger partial charge in [-0.05, 0) is 30.9 Å². The average Bonchev–Trinajstić information content (AvgIpc) is 2.81. The lowest BCUT2D eigenvalue weighted by atomic mass is 10.1. The fraction of sp³-hybridized carbons (Fsp3) is 0.571. The van der Waals surface area contributed by atoms with Crippen LogP contribution in [0.5, 0.6) is 0 Å². The highest BCUT2D eigenvalue weighted by Gasteiger charge is 2.19. The minimum Gasteiger partial charge on any atom is -0.393 e. The van der Waals surface area contributed by atoms with Gasteiger partial charge in [-0.15, -0.1) is 0 Å². The van der Waals surface area contributed by atoms with Crippen LogP contribution in [0.4, 0.5) is 4.39 Å². The molecule has 0 spiro atoms. The number of rotatable bonds is 4. The van der Waals surface area contributed by atoms with Crippen LogP contribution in [0, 0.1) is 17.7 Å². The normalized spacial score (nSPS) is 18.9. The van der Waals surface area contributed by atoms with Gasteiger partial charge < -0.3 is 15.1 Å². The number of aromatic nitrogens is 1. The van der Waals surface area contributed by atoms with Crippen LogP contribution < -0.4 is 0 Å². The van der Waals surface area contributed by atoms with Gasteiger partial charge in [0.1, 0.15) is 5.84 Å². The highest BCUT2D eigenvalue weighted by Crippen LogP contribution is 2.17. The summed E-state index contributed by atoms with van der Waals surface area (Å²) in [6, 6.07) is 0. The zero-order valence-corrected chi connectivity index (χ0v) is 11.6. The van der Waals surface area contributed by atoms with Gasteiger partial charge in [-0.2, -0.15) is 0 Å². The molecule has 0 saturated carbocycles. The number of aryl methyl sites for hydroxylation is 1. The standard InChI is InChI=1S/C14H21FN4O/c1-10-7-19(14(17)13(15)6-16)9-11(10)8-18-4-2-12(20)3-5-18/h6-7,9,12-13,16-17,20H,2-5,8H2,1H3. The third kappa shape index (κ3) is 3.32. The molecule has 0 aliphatic carbocycles. The second-order valence-electron chi connectivity index (χ2n) is 5.33. The molecule has 110 valence electrons. The van der Waals surface area contributed by atoms with Gasteiger partial charge in [-0.1, -0.05) is 0 Å². The Balaban J connectivity index is 2.04. The molecule has 5 nitrogen and oxygen atoms in total. The molecule has 1 aliphatic heterocycles. The van der Waals surface area contributed by atoms with Crippen LogP contribution in [-0.2, 0) is 6.54 Å². The molecule has 1 aromatic heterocycles. The van der Waals surface area contributed by atoms with Crippen LogP contribution in [0.25, 0.3) is 0 Å². The van der Waals surface area contributed by atoms with Crippen molar-refractivity contribution in [2.75, 3.05) is 13.1 Å². The molecule has 1 atom stereocenters. The molecule has 1 fully saturated rings. The van der Waals surface area contributed by atoms with Crippen molar-refractivity contribution in [3.63, 3.8) is 0 Å². The van der Waals surface area contributed by atoms with Crippen molar-refractivity contribution in [1.29, 1.82) is 10.8 Å². The monoisotopic (exact) mass is 280 g/mol. The van der Waals surface area contributed by atoms with E-state index in [-0.39, 0.29) is 11.9 Å². The van der Waals surface area contributed by atoms with Gasteiger partial charge in [0.2, 0.25) is 0 Å². The number of nitrogens with zero attached hydrogens (tertiary/aromatic N) is 2. The zero-order chi connectivity index (χ0) is 14.7. The number of likely N-dealkylation sites (tertiary alicyclic amines) is 1. The van der Waals surface area contributed by atoms with Crippen molar-refractivity contribution in [1.82, 2.24) is 9.47 Å². The third-order valence-corrected chi connectivity index (χ3v) is 3.77. The van der Waals surface area contributed by atoms with Crippen molar-refractivity contribution in [2.45, 2.75) is 38.6 Å². The van der Waals surface area contributed by atoms with E-state index in [2.05, 4.69) is 4.90 Å². The predicted molar refractivity (Wildman–Crippen MR) is 76.5 cm³/mol. The Bertz CT molecular complexity index is 491. The first-order chi connectivity index (χ1) is 9.51. The highest BCUT2D eigenvalue weighted by molar-refractivity contribution is 5.98. The molecule has 1 aromatic rings. The van der Waals surface area contributed by atoms with E-state index in [9.17, 15) is 9.50 Å². The lowest BCUT2D eigenvalue weighted by molar-refractivity contribution is 0.0792. The lowest BCUT2D eigenvalue weighted by Crippen LogP contribution is -2.35. The molecule has 20 heavy (non-hydrogen) atoms. The Morgan fingerprint density at radius 3 is 2.75 bits per heavy atom. The first kappa shape index (κ1) is 14.9. The van der Waals surface area contributed by atoms with Crippen LogP contribution in [0.3, 0.4) is 0 Å². The molecule has 0 aromatic carbocycles. The van der Waals surface area contributed by atoms with Gasteiger partial charge in [0.05, 0.1) is 6.10 Å². The van der Waals surface area contributed by atoms with Gasteiger partial charge in [0.15, 0.2) is 6.17 Å². The van der Waals surface area contributed by atoms with Gasteiger partial charge >= 0.3 is 0 Å². The molecular weight excluding hydrogens is 259 g/mol.